The van der Waals surface area contributed by atoms with Crippen LogP contribution in [-0.2, 0) is 11.2 Å². The molecule has 0 aliphatic carbocycles. The molecule has 0 saturated carbocycles. The van der Waals surface area contributed by atoms with Gasteiger partial charge in [0.2, 0.25) is 0 Å². The molecular formula is C18H17NO. The van der Waals surface area contributed by atoms with Gasteiger partial charge in [0.25, 0.3) is 0 Å². The summed E-state index contributed by atoms with van der Waals surface area (Å²) in [5.74, 6) is 0. The minimum Gasteiger partial charge on any atom is -0.366 e. The zero-order valence-corrected chi connectivity index (χ0v) is 11.3. The predicted molar refractivity (Wildman–Crippen MR) is 80.3 cm³/mol. The van der Waals surface area contributed by atoms with Crippen LogP contribution < -0.4 is 0 Å². The van der Waals surface area contributed by atoms with E-state index in [1.807, 2.05) is 12.3 Å². The molecule has 100 valence electrons. The Kier molecular flexibility index (Phi) is 3.64. The Morgan fingerprint density at radius 2 is 1.75 bits per heavy atom. The Labute approximate surface area is 119 Å². The van der Waals surface area contributed by atoms with Crippen molar-refractivity contribution in [3.63, 3.8) is 0 Å². The lowest BCUT2D eigenvalue weighted by atomic mass is 9.88. The Morgan fingerprint density at radius 3 is 2.55 bits per heavy atom. The molecule has 0 fully saturated rings. The number of benzene rings is 2. The van der Waals surface area contributed by atoms with Crippen molar-refractivity contribution >= 4 is 6.29 Å². The second kappa shape index (κ2) is 5.74. The first-order valence-electron chi connectivity index (χ1n) is 6.90. The molecule has 0 radical (unpaired) electrons. The molecule has 1 aliphatic rings. The van der Waals surface area contributed by atoms with E-state index in [4.69, 9.17) is 0 Å². The minimum absolute atomic E-state index is 0.192. The number of nitrogens with zero attached hydrogens (tertiary/aromatic N) is 1. The van der Waals surface area contributed by atoms with Gasteiger partial charge in [-0.1, -0.05) is 54.6 Å². The molecule has 2 aromatic carbocycles. The van der Waals surface area contributed by atoms with Gasteiger partial charge in [-0.25, -0.2) is 0 Å². The van der Waals surface area contributed by atoms with E-state index in [-0.39, 0.29) is 6.04 Å². The molecule has 1 aliphatic heterocycles. The van der Waals surface area contributed by atoms with E-state index in [0.717, 1.165) is 19.3 Å². The van der Waals surface area contributed by atoms with Crippen molar-refractivity contribution in [3.8, 4) is 0 Å². The SMILES string of the molecule is O=CC=CN1CCc2ccccc2C1c1ccccc1. The summed E-state index contributed by atoms with van der Waals surface area (Å²) in [6.45, 7) is 0.931. The van der Waals surface area contributed by atoms with Crippen LogP contribution >= 0.6 is 0 Å². The summed E-state index contributed by atoms with van der Waals surface area (Å²) in [7, 11) is 0. The average molecular weight is 263 g/mol. The third-order valence-electron chi connectivity index (χ3n) is 3.79. The normalized spacial score (nSPS) is 18.0. The highest BCUT2D eigenvalue weighted by Crippen LogP contribution is 2.34. The van der Waals surface area contributed by atoms with Gasteiger partial charge >= 0.3 is 0 Å². The third-order valence-corrected chi connectivity index (χ3v) is 3.79. The average Bonchev–Trinajstić information content (AvgIpc) is 2.53. The molecule has 0 aromatic heterocycles. The van der Waals surface area contributed by atoms with Gasteiger partial charge in [-0.3, -0.25) is 4.79 Å². The number of allylic oxidation sites excluding steroid dienone is 1. The van der Waals surface area contributed by atoms with Crippen LogP contribution in [0.4, 0.5) is 0 Å². The van der Waals surface area contributed by atoms with E-state index in [1.54, 1.807) is 6.08 Å². The second-order valence-electron chi connectivity index (χ2n) is 4.98. The molecule has 2 heteroatoms. The maximum absolute atomic E-state index is 10.6. The Balaban J connectivity index is 2.07. The van der Waals surface area contributed by atoms with Crippen LogP contribution in [-0.4, -0.2) is 17.7 Å². The highest BCUT2D eigenvalue weighted by Gasteiger charge is 2.26. The van der Waals surface area contributed by atoms with Gasteiger partial charge in [0.15, 0.2) is 0 Å². The van der Waals surface area contributed by atoms with Gasteiger partial charge in [-0.2, -0.15) is 0 Å². The van der Waals surface area contributed by atoms with Crippen molar-refractivity contribution in [2.24, 2.45) is 0 Å². The Hall–Kier alpha value is -2.35. The van der Waals surface area contributed by atoms with Crippen LogP contribution in [0.2, 0.25) is 0 Å². The lowest BCUT2D eigenvalue weighted by Gasteiger charge is -2.37. The van der Waals surface area contributed by atoms with Crippen molar-refractivity contribution < 1.29 is 4.79 Å². The summed E-state index contributed by atoms with van der Waals surface area (Å²) in [5, 5.41) is 0. The molecule has 0 amide bonds. The van der Waals surface area contributed by atoms with Gasteiger partial charge < -0.3 is 4.90 Å². The highest BCUT2D eigenvalue weighted by atomic mass is 16.1. The van der Waals surface area contributed by atoms with Crippen molar-refractivity contribution in [2.75, 3.05) is 6.54 Å². The summed E-state index contributed by atoms with van der Waals surface area (Å²) in [6.07, 6.45) is 5.33. The molecule has 0 saturated heterocycles. The first-order valence-corrected chi connectivity index (χ1v) is 6.90. The standard InChI is InChI=1S/C18H17NO/c20-14-6-12-19-13-11-15-7-4-5-10-17(15)18(19)16-8-2-1-3-9-16/h1-10,12,14,18H,11,13H2. The van der Waals surface area contributed by atoms with E-state index in [0.29, 0.717) is 0 Å². The zero-order valence-electron chi connectivity index (χ0n) is 11.3. The number of hydrogen-bond acceptors (Lipinski definition) is 2. The molecule has 0 bridgehead atoms. The van der Waals surface area contributed by atoms with Gasteiger partial charge in [0.05, 0.1) is 6.04 Å². The highest BCUT2D eigenvalue weighted by molar-refractivity contribution is 5.64. The first-order chi connectivity index (χ1) is 9.90. The van der Waals surface area contributed by atoms with E-state index < -0.39 is 0 Å². The summed E-state index contributed by atoms with van der Waals surface area (Å²) in [4.78, 5) is 12.9. The van der Waals surface area contributed by atoms with Crippen LogP contribution in [0.3, 0.4) is 0 Å². The van der Waals surface area contributed by atoms with Crippen molar-refractivity contribution in [2.45, 2.75) is 12.5 Å². The quantitative estimate of drug-likeness (QED) is 0.625. The van der Waals surface area contributed by atoms with Crippen LogP contribution in [0.25, 0.3) is 0 Å². The first kappa shape index (κ1) is 12.7. The smallest absolute Gasteiger partial charge is 0.144 e. The summed E-state index contributed by atoms with van der Waals surface area (Å²) in [6, 6.07) is 19.2. The number of carbonyl (C=O) groups excluding carboxylic acids is 1. The van der Waals surface area contributed by atoms with Crippen molar-refractivity contribution in [1.82, 2.24) is 4.90 Å². The number of carbonyl (C=O) groups is 1. The molecule has 1 unspecified atom stereocenters. The number of rotatable bonds is 3. The third kappa shape index (κ3) is 2.37. The van der Waals surface area contributed by atoms with Crippen LogP contribution in [0.1, 0.15) is 22.7 Å². The van der Waals surface area contributed by atoms with Crippen molar-refractivity contribution in [1.29, 1.82) is 0 Å². The van der Waals surface area contributed by atoms with Crippen LogP contribution in [0, 0.1) is 0 Å². The monoisotopic (exact) mass is 263 g/mol. The molecular weight excluding hydrogens is 246 g/mol. The van der Waals surface area contributed by atoms with Crippen molar-refractivity contribution in [3.05, 3.63) is 83.6 Å². The fourth-order valence-electron chi connectivity index (χ4n) is 2.90. The number of hydrogen-bond donors (Lipinski definition) is 0. The number of aldehydes is 1. The molecule has 0 N–H and O–H groups in total. The van der Waals surface area contributed by atoms with Gasteiger partial charge in [-0.05, 0) is 29.2 Å². The van der Waals surface area contributed by atoms with E-state index in [9.17, 15) is 4.79 Å². The molecule has 0 spiro atoms. The molecule has 2 nitrogen and oxygen atoms in total. The topological polar surface area (TPSA) is 20.3 Å². The summed E-state index contributed by atoms with van der Waals surface area (Å²) in [5.41, 5.74) is 3.99. The number of fused-ring (bicyclic) bond motifs is 1. The maximum atomic E-state index is 10.6. The van der Waals surface area contributed by atoms with E-state index in [1.165, 1.54) is 16.7 Å². The molecule has 1 atom stereocenters. The minimum atomic E-state index is 0.192. The molecule has 3 rings (SSSR count). The maximum Gasteiger partial charge on any atom is 0.144 e. The lowest BCUT2D eigenvalue weighted by molar-refractivity contribution is -0.104. The van der Waals surface area contributed by atoms with Gasteiger partial charge in [0, 0.05) is 12.7 Å². The fraction of sp³-hybridized carbons (Fsp3) is 0.167. The summed E-state index contributed by atoms with van der Waals surface area (Å²) < 4.78 is 0. The fourth-order valence-corrected chi connectivity index (χ4v) is 2.90. The molecule has 20 heavy (non-hydrogen) atoms. The largest absolute Gasteiger partial charge is 0.366 e. The second-order valence-corrected chi connectivity index (χ2v) is 4.98. The zero-order chi connectivity index (χ0) is 13.8. The Morgan fingerprint density at radius 1 is 1.00 bits per heavy atom. The van der Waals surface area contributed by atoms with E-state index >= 15 is 0 Å². The molecule has 2 aromatic rings. The van der Waals surface area contributed by atoms with Gasteiger partial charge in [0.1, 0.15) is 6.29 Å². The predicted octanol–water partition coefficient (Wildman–Crippen LogP) is 3.35. The van der Waals surface area contributed by atoms with E-state index in [2.05, 4.69) is 53.4 Å². The lowest BCUT2D eigenvalue weighted by Crippen LogP contribution is -2.32. The summed E-state index contributed by atoms with van der Waals surface area (Å²) >= 11 is 0. The Bertz CT molecular complexity index is 618. The van der Waals surface area contributed by atoms with Crippen LogP contribution in [0.5, 0.6) is 0 Å². The molecule has 1 heterocycles. The van der Waals surface area contributed by atoms with Gasteiger partial charge in [-0.15, -0.1) is 0 Å². The van der Waals surface area contributed by atoms with Crippen LogP contribution in [0.15, 0.2) is 66.9 Å².